The molecule has 28 heavy (non-hydrogen) atoms. The van der Waals surface area contributed by atoms with Crippen molar-refractivity contribution < 1.29 is 37.1 Å². The van der Waals surface area contributed by atoms with Crippen LogP contribution in [0.5, 0.6) is 0 Å². The molecule has 1 saturated heterocycles. The van der Waals surface area contributed by atoms with E-state index in [0.717, 1.165) is 0 Å². The number of carbonyl (C=O) groups is 3. The van der Waals surface area contributed by atoms with Crippen LogP contribution in [-0.2, 0) is 9.59 Å². The number of amides is 2. The molecule has 1 aromatic heterocycles. The minimum atomic E-state index is -5.08. The van der Waals surface area contributed by atoms with Gasteiger partial charge in [-0.1, -0.05) is 0 Å². The average molecular weight is 405 g/mol. The Balaban J connectivity index is 0.000000345. The molecule has 0 aromatic carbocycles. The number of carboxylic acids is 1. The predicted octanol–water partition coefficient (Wildman–Crippen LogP) is 1.34. The van der Waals surface area contributed by atoms with Gasteiger partial charge in [0.15, 0.2) is 5.76 Å². The molecule has 8 nitrogen and oxygen atoms in total. The molecule has 0 radical (unpaired) electrons. The van der Waals surface area contributed by atoms with E-state index in [0.29, 0.717) is 38.0 Å². The minimum absolute atomic E-state index is 0.101. The van der Waals surface area contributed by atoms with Gasteiger partial charge in [-0.15, -0.1) is 0 Å². The van der Waals surface area contributed by atoms with Crippen LogP contribution >= 0.6 is 0 Å². The summed E-state index contributed by atoms with van der Waals surface area (Å²) in [5.41, 5.74) is 0. The minimum Gasteiger partial charge on any atom is -0.475 e. The van der Waals surface area contributed by atoms with Gasteiger partial charge in [-0.3, -0.25) is 9.59 Å². The first-order valence-corrected chi connectivity index (χ1v) is 8.77. The zero-order valence-electron chi connectivity index (χ0n) is 15.2. The zero-order valence-corrected chi connectivity index (χ0v) is 15.2. The summed E-state index contributed by atoms with van der Waals surface area (Å²) in [4.78, 5) is 36.9. The fraction of sp³-hybridized carbons (Fsp3) is 0.588. The summed E-state index contributed by atoms with van der Waals surface area (Å²) >= 11 is 0. The summed E-state index contributed by atoms with van der Waals surface area (Å²) in [5.74, 6) is -2.37. The molecule has 1 saturated carbocycles. The number of halogens is 3. The second-order valence-electron chi connectivity index (χ2n) is 6.56. The van der Waals surface area contributed by atoms with Gasteiger partial charge >= 0.3 is 12.1 Å². The lowest BCUT2D eigenvalue weighted by molar-refractivity contribution is -0.192. The summed E-state index contributed by atoms with van der Waals surface area (Å²) in [6.45, 7) is 4.20. The van der Waals surface area contributed by atoms with Gasteiger partial charge in [-0.2, -0.15) is 13.2 Å². The normalized spacial score (nSPS) is 18.1. The molecule has 2 heterocycles. The Labute approximate surface area is 159 Å². The Kier molecular flexibility index (Phi) is 7.05. The SMILES string of the molecule is CC(NC1CC1)C(=O)N1CCN(C(=O)c2ccco2)CC1.O=C(O)C(F)(F)F. The second kappa shape index (κ2) is 9.09. The van der Waals surface area contributed by atoms with E-state index in [9.17, 15) is 22.8 Å². The maximum absolute atomic E-state index is 12.3. The highest BCUT2D eigenvalue weighted by atomic mass is 19.4. The van der Waals surface area contributed by atoms with Gasteiger partial charge in [0.25, 0.3) is 5.91 Å². The fourth-order valence-corrected chi connectivity index (χ4v) is 2.63. The monoisotopic (exact) mass is 405 g/mol. The quantitative estimate of drug-likeness (QED) is 0.784. The van der Waals surface area contributed by atoms with E-state index in [1.807, 2.05) is 11.8 Å². The van der Waals surface area contributed by atoms with Crippen LogP contribution in [0.25, 0.3) is 0 Å². The van der Waals surface area contributed by atoms with E-state index in [4.69, 9.17) is 14.3 Å². The molecule has 11 heteroatoms. The van der Waals surface area contributed by atoms with Crippen molar-refractivity contribution in [3.8, 4) is 0 Å². The van der Waals surface area contributed by atoms with Crippen LogP contribution in [0.15, 0.2) is 22.8 Å². The topological polar surface area (TPSA) is 103 Å². The Morgan fingerprint density at radius 1 is 1.18 bits per heavy atom. The van der Waals surface area contributed by atoms with Gasteiger partial charge in [-0.25, -0.2) is 4.79 Å². The zero-order chi connectivity index (χ0) is 20.9. The van der Waals surface area contributed by atoms with E-state index in [1.165, 1.54) is 19.1 Å². The number of carbonyl (C=O) groups excluding carboxylic acids is 2. The van der Waals surface area contributed by atoms with Crippen LogP contribution in [0.4, 0.5) is 13.2 Å². The Morgan fingerprint density at radius 3 is 2.14 bits per heavy atom. The van der Waals surface area contributed by atoms with Crippen molar-refractivity contribution >= 4 is 17.8 Å². The van der Waals surface area contributed by atoms with Gasteiger partial charge in [0, 0.05) is 32.2 Å². The maximum Gasteiger partial charge on any atom is 0.490 e. The number of furan rings is 1. The molecule has 1 unspecified atom stereocenters. The van der Waals surface area contributed by atoms with E-state index < -0.39 is 12.1 Å². The van der Waals surface area contributed by atoms with Crippen molar-refractivity contribution in [2.75, 3.05) is 26.2 Å². The number of alkyl halides is 3. The lowest BCUT2D eigenvalue weighted by Gasteiger charge is -2.35. The molecular formula is C17H22F3N3O5. The molecule has 1 aliphatic heterocycles. The highest BCUT2D eigenvalue weighted by Crippen LogP contribution is 2.20. The summed E-state index contributed by atoms with van der Waals surface area (Å²) in [7, 11) is 0. The lowest BCUT2D eigenvalue weighted by atomic mass is 10.2. The number of piperazine rings is 1. The number of carboxylic acid groups (broad SMARTS) is 1. The summed E-state index contributed by atoms with van der Waals surface area (Å²) < 4.78 is 36.9. The van der Waals surface area contributed by atoms with Crippen LogP contribution in [0, 0.1) is 0 Å². The van der Waals surface area contributed by atoms with Gasteiger partial charge < -0.3 is 24.6 Å². The Morgan fingerprint density at radius 2 is 1.71 bits per heavy atom. The summed E-state index contributed by atoms with van der Waals surface area (Å²) in [5, 5.41) is 10.4. The molecule has 0 spiro atoms. The number of nitrogens with zero attached hydrogens (tertiary/aromatic N) is 2. The number of nitrogens with one attached hydrogen (secondary N) is 1. The van der Waals surface area contributed by atoms with Crippen molar-refractivity contribution in [3.63, 3.8) is 0 Å². The number of rotatable bonds is 4. The van der Waals surface area contributed by atoms with Crippen molar-refractivity contribution in [2.45, 2.75) is 38.0 Å². The number of hydrogen-bond acceptors (Lipinski definition) is 5. The summed E-state index contributed by atoms with van der Waals surface area (Å²) in [6.07, 6.45) is -1.25. The van der Waals surface area contributed by atoms with Crippen molar-refractivity contribution in [1.82, 2.24) is 15.1 Å². The van der Waals surface area contributed by atoms with Crippen molar-refractivity contribution in [2.24, 2.45) is 0 Å². The first-order valence-electron chi connectivity index (χ1n) is 8.77. The van der Waals surface area contributed by atoms with Crippen LogP contribution in [0.3, 0.4) is 0 Å². The first kappa shape index (κ1) is 21.7. The van der Waals surface area contributed by atoms with Crippen LogP contribution in [0.2, 0.25) is 0 Å². The van der Waals surface area contributed by atoms with E-state index in [-0.39, 0.29) is 17.9 Å². The highest BCUT2D eigenvalue weighted by Gasteiger charge is 2.38. The Hall–Kier alpha value is -2.56. The molecule has 2 fully saturated rings. The number of hydrogen-bond donors (Lipinski definition) is 2. The average Bonchev–Trinajstić information content (AvgIpc) is 3.29. The van der Waals surface area contributed by atoms with Gasteiger partial charge in [0.1, 0.15) is 0 Å². The maximum atomic E-state index is 12.3. The van der Waals surface area contributed by atoms with Crippen LogP contribution in [-0.4, -0.2) is 77.1 Å². The third-order valence-corrected chi connectivity index (χ3v) is 4.29. The third-order valence-electron chi connectivity index (χ3n) is 4.29. The molecule has 0 bridgehead atoms. The van der Waals surface area contributed by atoms with Crippen LogP contribution in [0.1, 0.15) is 30.3 Å². The number of aliphatic carboxylic acids is 1. The third kappa shape index (κ3) is 6.25. The summed E-state index contributed by atoms with van der Waals surface area (Å²) in [6, 6.07) is 3.76. The standard InChI is InChI=1S/C15H21N3O3.C2HF3O2/c1-11(16-12-4-5-12)14(19)17-6-8-18(9-7-17)15(20)13-3-2-10-21-13;3-2(4,5)1(6)7/h2-3,10-12,16H,4-9H2,1H3;(H,6,7). The predicted molar refractivity (Wildman–Crippen MR) is 90.5 cm³/mol. The van der Waals surface area contributed by atoms with Gasteiger partial charge in [-0.05, 0) is 31.9 Å². The molecule has 2 amide bonds. The lowest BCUT2D eigenvalue weighted by Crippen LogP contribution is -2.54. The smallest absolute Gasteiger partial charge is 0.475 e. The first-order chi connectivity index (χ1) is 13.1. The van der Waals surface area contributed by atoms with Crippen molar-refractivity contribution in [3.05, 3.63) is 24.2 Å². The molecule has 156 valence electrons. The van der Waals surface area contributed by atoms with Gasteiger partial charge in [0.05, 0.1) is 12.3 Å². The van der Waals surface area contributed by atoms with Crippen LogP contribution < -0.4 is 5.32 Å². The highest BCUT2D eigenvalue weighted by molar-refractivity contribution is 5.91. The van der Waals surface area contributed by atoms with E-state index in [1.54, 1.807) is 17.0 Å². The molecule has 1 aliphatic carbocycles. The molecular weight excluding hydrogens is 383 g/mol. The fourth-order valence-electron chi connectivity index (χ4n) is 2.63. The van der Waals surface area contributed by atoms with E-state index >= 15 is 0 Å². The Bertz CT molecular complexity index is 681. The van der Waals surface area contributed by atoms with E-state index in [2.05, 4.69) is 5.32 Å². The van der Waals surface area contributed by atoms with Gasteiger partial charge in [0.2, 0.25) is 5.91 Å². The molecule has 1 aromatic rings. The molecule has 2 aliphatic rings. The molecule has 3 rings (SSSR count). The molecule has 1 atom stereocenters. The second-order valence-corrected chi connectivity index (χ2v) is 6.56. The van der Waals surface area contributed by atoms with Crippen molar-refractivity contribution in [1.29, 1.82) is 0 Å². The largest absolute Gasteiger partial charge is 0.490 e. The molecule has 2 N–H and O–H groups in total.